The van der Waals surface area contributed by atoms with Crippen LogP contribution in [0.5, 0.6) is 5.75 Å². The Labute approximate surface area is 150 Å². The number of aliphatic hydroxyl groups is 1. The number of benzene rings is 2. The monoisotopic (exact) mass is 356 g/mol. The largest absolute Gasteiger partial charge is 0.486 e. The van der Waals surface area contributed by atoms with Crippen molar-refractivity contribution in [2.24, 2.45) is 0 Å². The van der Waals surface area contributed by atoms with E-state index in [1.54, 1.807) is 16.2 Å². The Kier molecular flexibility index (Phi) is 5.31. The fourth-order valence-corrected chi connectivity index (χ4v) is 3.58. The van der Waals surface area contributed by atoms with Gasteiger partial charge in [-0.2, -0.15) is 0 Å². The summed E-state index contributed by atoms with van der Waals surface area (Å²) in [5, 5.41) is 10.1. The number of hydrogen-bond acceptors (Lipinski definition) is 5. The van der Waals surface area contributed by atoms with Crippen molar-refractivity contribution in [2.45, 2.75) is 20.5 Å². The highest BCUT2D eigenvalue weighted by atomic mass is 32.1. The number of carbonyl (C=O) groups is 1. The van der Waals surface area contributed by atoms with Crippen LogP contribution in [0.25, 0.3) is 10.2 Å². The van der Waals surface area contributed by atoms with Crippen LogP contribution in [0.15, 0.2) is 42.5 Å². The lowest BCUT2D eigenvalue weighted by atomic mass is 10.1. The van der Waals surface area contributed by atoms with Crippen molar-refractivity contribution in [3.05, 3.63) is 53.0 Å². The van der Waals surface area contributed by atoms with E-state index in [2.05, 4.69) is 4.98 Å². The number of aromatic nitrogens is 1. The molecule has 0 saturated heterocycles. The van der Waals surface area contributed by atoms with Crippen LogP contribution >= 0.6 is 11.3 Å². The summed E-state index contributed by atoms with van der Waals surface area (Å²) in [7, 11) is 0. The number of carbonyl (C=O) groups excluding carboxylic acids is 1. The molecule has 25 heavy (non-hydrogen) atoms. The van der Waals surface area contributed by atoms with Crippen molar-refractivity contribution in [1.82, 2.24) is 4.98 Å². The van der Waals surface area contributed by atoms with Crippen molar-refractivity contribution in [2.75, 3.05) is 18.1 Å². The van der Waals surface area contributed by atoms with Crippen LogP contribution in [0.3, 0.4) is 0 Å². The Morgan fingerprint density at radius 2 is 2.08 bits per heavy atom. The first-order chi connectivity index (χ1) is 12.1. The molecule has 0 unspecified atom stereocenters. The summed E-state index contributed by atoms with van der Waals surface area (Å²) in [6, 6.07) is 13.6. The van der Waals surface area contributed by atoms with Gasteiger partial charge in [-0.3, -0.25) is 4.79 Å². The summed E-state index contributed by atoms with van der Waals surface area (Å²) < 4.78 is 7.00. The topological polar surface area (TPSA) is 62.7 Å². The molecule has 0 atom stereocenters. The van der Waals surface area contributed by atoms with E-state index in [-0.39, 0.29) is 19.1 Å². The van der Waals surface area contributed by atoms with Gasteiger partial charge in [-0.25, -0.2) is 4.98 Å². The van der Waals surface area contributed by atoms with Crippen LogP contribution in [0.4, 0.5) is 5.69 Å². The van der Waals surface area contributed by atoms with Crippen molar-refractivity contribution in [3.63, 3.8) is 0 Å². The lowest BCUT2D eigenvalue weighted by Gasteiger charge is -2.22. The number of ether oxygens (including phenoxy) is 1. The molecule has 0 saturated carbocycles. The van der Waals surface area contributed by atoms with E-state index < -0.39 is 0 Å². The van der Waals surface area contributed by atoms with Gasteiger partial charge < -0.3 is 14.7 Å². The Morgan fingerprint density at radius 1 is 1.28 bits per heavy atom. The third-order valence-corrected chi connectivity index (χ3v) is 4.87. The normalized spacial score (nSPS) is 10.8. The Hall–Kier alpha value is -2.44. The molecule has 6 heteroatoms. The van der Waals surface area contributed by atoms with Crippen LogP contribution in [-0.4, -0.2) is 29.1 Å². The van der Waals surface area contributed by atoms with E-state index in [1.807, 2.05) is 49.4 Å². The fraction of sp³-hybridized carbons (Fsp3) is 0.263. The molecule has 2 aromatic carbocycles. The second-order valence-electron chi connectivity index (χ2n) is 5.71. The van der Waals surface area contributed by atoms with E-state index >= 15 is 0 Å². The average Bonchev–Trinajstić information content (AvgIpc) is 3.01. The highest BCUT2D eigenvalue weighted by Crippen LogP contribution is 2.27. The van der Waals surface area contributed by atoms with Crippen molar-refractivity contribution in [3.8, 4) is 5.75 Å². The van der Waals surface area contributed by atoms with E-state index in [0.717, 1.165) is 32.2 Å². The van der Waals surface area contributed by atoms with Crippen LogP contribution in [0.1, 0.15) is 17.5 Å². The molecule has 3 rings (SSSR count). The highest BCUT2D eigenvalue weighted by Gasteiger charge is 2.14. The van der Waals surface area contributed by atoms with Crippen molar-refractivity contribution < 1.29 is 14.6 Å². The SMILES string of the molecule is CC(=O)N(CCO)c1ccc(OCc2nc3ccccc3s2)cc1C. The third-order valence-electron chi connectivity index (χ3n) is 3.86. The van der Waals surface area contributed by atoms with Gasteiger partial charge in [-0.05, 0) is 42.8 Å². The first-order valence-corrected chi connectivity index (χ1v) is 8.87. The van der Waals surface area contributed by atoms with E-state index in [4.69, 9.17) is 9.84 Å². The van der Waals surface area contributed by atoms with Gasteiger partial charge in [0.05, 0.1) is 16.8 Å². The predicted octanol–water partition coefficient (Wildman–Crippen LogP) is 3.53. The molecule has 0 spiro atoms. The maximum absolute atomic E-state index is 11.7. The molecular formula is C19H20N2O3S. The Morgan fingerprint density at radius 3 is 2.76 bits per heavy atom. The molecular weight excluding hydrogens is 336 g/mol. The number of aryl methyl sites for hydroxylation is 1. The van der Waals surface area contributed by atoms with Crippen LogP contribution < -0.4 is 9.64 Å². The Balaban J connectivity index is 1.73. The zero-order chi connectivity index (χ0) is 17.8. The van der Waals surface area contributed by atoms with Crippen molar-refractivity contribution in [1.29, 1.82) is 0 Å². The van der Waals surface area contributed by atoms with Gasteiger partial charge >= 0.3 is 0 Å². The summed E-state index contributed by atoms with van der Waals surface area (Å²) in [5.41, 5.74) is 2.69. The molecule has 5 nitrogen and oxygen atoms in total. The molecule has 1 amide bonds. The van der Waals surface area contributed by atoms with Gasteiger partial charge in [0.2, 0.25) is 5.91 Å². The summed E-state index contributed by atoms with van der Waals surface area (Å²) >= 11 is 1.62. The van der Waals surface area contributed by atoms with E-state index in [1.165, 1.54) is 6.92 Å². The maximum atomic E-state index is 11.7. The fourth-order valence-electron chi connectivity index (χ4n) is 2.69. The molecule has 1 heterocycles. The molecule has 130 valence electrons. The van der Waals surface area contributed by atoms with E-state index in [0.29, 0.717) is 6.61 Å². The molecule has 0 radical (unpaired) electrons. The lowest BCUT2D eigenvalue weighted by Crippen LogP contribution is -2.31. The van der Waals surface area contributed by atoms with Crippen LogP contribution in [-0.2, 0) is 11.4 Å². The molecule has 3 aromatic rings. The number of anilines is 1. The Bertz CT molecular complexity index is 858. The number of hydrogen-bond donors (Lipinski definition) is 1. The average molecular weight is 356 g/mol. The number of aliphatic hydroxyl groups excluding tert-OH is 1. The van der Waals surface area contributed by atoms with Gasteiger partial charge in [0.1, 0.15) is 17.4 Å². The highest BCUT2D eigenvalue weighted by molar-refractivity contribution is 7.18. The maximum Gasteiger partial charge on any atom is 0.223 e. The van der Waals surface area contributed by atoms with Gasteiger partial charge in [0.15, 0.2) is 0 Å². The van der Waals surface area contributed by atoms with Crippen LogP contribution in [0.2, 0.25) is 0 Å². The first-order valence-electron chi connectivity index (χ1n) is 8.05. The molecule has 1 aromatic heterocycles. The second kappa shape index (κ2) is 7.63. The summed E-state index contributed by atoms with van der Waals surface area (Å²) in [6.45, 7) is 4.03. The van der Waals surface area contributed by atoms with Crippen LogP contribution in [0, 0.1) is 6.92 Å². The van der Waals surface area contributed by atoms with Gasteiger partial charge in [0, 0.05) is 19.2 Å². The molecule has 0 aliphatic rings. The minimum atomic E-state index is -0.0970. The minimum Gasteiger partial charge on any atom is -0.486 e. The lowest BCUT2D eigenvalue weighted by molar-refractivity contribution is -0.116. The molecule has 0 aliphatic carbocycles. The summed E-state index contributed by atoms with van der Waals surface area (Å²) in [4.78, 5) is 17.9. The molecule has 1 N–H and O–H groups in total. The van der Waals surface area contributed by atoms with Gasteiger partial charge in [0.25, 0.3) is 0 Å². The number of amides is 1. The number of para-hydroxylation sites is 1. The summed E-state index contributed by atoms with van der Waals surface area (Å²) in [6.07, 6.45) is 0. The smallest absolute Gasteiger partial charge is 0.223 e. The first kappa shape index (κ1) is 17.4. The predicted molar refractivity (Wildman–Crippen MR) is 100 cm³/mol. The zero-order valence-corrected chi connectivity index (χ0v) is 15.0. The van der Waals surface area contributed by atoms with Gasteiger partial charge in [-0.1, -0.05) is 12.1 Å². The molecule has 0 fully saturated rings. The summed E-state index contributed by atoms with van der Waals surface area (Å²) in [5.74, 6) is 0.633. The molecule has 0 bridgehead atoms. The zero-order valence-electron chi connectivity index (χ0n) is 14.2. The number of nitrogens with zero attached hydrogens (tertiary/aromatic N) is 2. The second-order valence-corrected chi connectivity index (χ2v) is 6.82. The third kappa shape index (κ3) is 3.97. The van der Waals surface area contributed by atoms with Gasteiger partial charge in [-0.15, -0.1) is 11.3 Å². The number of rotatable bonds is 6. The van der Waals surface area contributed by atoms with Crippen molar-refractivity contribution >= 4 is 33.1 Å². The number of thiazole rings is 1. The quantitative estimate of drug-likeness (QED) is 0.734. The standard InChI is InChI=1S/C19H20N2O3S/c1-13-11-15(7-8-17(13)21(9-10-22)14(2)23)24-12-19-20-16-5-3-4-6-18(16)25-19/h3-8,11,22H,9-10,12H2,1-2H3. The van der Waals surface area contributed by atoms with E-state index in [9.17, 15) is 4.79 Å². The minimum absolute atomic E-state index is 0.0745. The number of fused-ring (bicyclic) bond motifs is 1. The molecule has 0 aliphatic heterocycles.